The first-order chi connectivity index (χ1) is 16.5. The number of rotatable bonds is 8. The smallest absolute Gasteiger partial charge is 0.301 e. The lowest BCUT2D eigenvalue weighted by atomic mass is 9.95. The van der Waals surface area contributed by atoms with E-state index >= 15 is 0 Å². The largest absolute Gasteiger partial charge is 0.507 e. The van der Waals surface area contributed by atoms with Crippen LogP contribution < -0.4 is 14.4 Å². The lowest BCUT2D eigenvalue weighted by Gasteiger charge is -2.23. The third-order valence-electron chi connectivity index (χ3n) is 5.16. The number of ketones is 1. The zero-order valence-electron chi connectivity index (χ0n) is 19.0. The van der Waals surface area contributed by atoms with Gasteiger partial charge in [-0.25, -0.2) is 0 Å². The number of nitrogens with zero attached hydrogens (tertiary/aromatic N) is 4. The van der Waals surface area contributed by atoms with Crippen LogP contribution in [-0.2, 0) is 9.59 Å². The van der Waals surface area contributed by atoms with E-state index < -0.39 is 17.7 Å². The standard InChI is InChI=1S/C24H24N4O5S/c1-4-12-33-17-7-6-16(13-18(17)32-5-2)20-19(21(29)15-8-10-25-11-9-15)22(30)23(31)28(20)24-27-26-14(3)34-24/h6-11,13,20,29H,4-5,12H2,1-3H3/b21-19+. The molecule has 0 radical (unpaired) electrons. The number of pyridine rings is 1. The van der Waals surface area contributed by atoms with Crippen molar-refractivity contribution in [1.29, 1.82) is 0 Å². The molecule has 4 rings (SSSR count). The summed E-state index contributed by atoms with van der Waals surface area (Å²) in [6.07, 6.45) is 3.83. The molecule has 3 aromatic rings. The van der Waals surface area contributed by atoms with Crippen molar-refractivity contribution >= 4 is 33.9 Å². The molecular formula is C24H24N4O5S. The van der Waals surface area contributed by atoms with Crippen molar-refractivity contribution in [2.75, 3.05) is 18.1 Å². The van der Waals surface area contributed by atoms with Crippen molar-refractivity contribution in [2.45, 2.75) is 33.2 Å². The van der Waals surface area contributed by atoms with Gasteiger partial charge in [-0.05, 0) is 50.1 Å². The summed E-state index contributed by atoms with van der Waals surface area (Å²) in [7, 11) is 0. The van der Waals surface area contributed by atoms with Crippen LogP contribution in [0.3, 0.4) is 0 Å². The van der Waals surface area contributed by atoms with Crippen LogP contribution in [0.15, 0.2) is 48.3 Å². The molecule has 9 nitrogen and oxygen atoms in total. The van der Waals surface area contributed by atoms with Crippen LogP contribution in [0, 0.1) is 6.92 Å². The highest BCUT2D eigenvalue weighted by Gasteiger charge is 2.48. The second-order valence-electron chi connectivity index (χ2n) is 7.50. The first-order valence-corrected chi connectivity index (χ1v) is 11.7. The maximum absolute atomic E-state index is 13.2. The molecule has 0 saturated carbocycles. The molecule has 1 saturated heterocycles. The minimum atomic E-state index is -0.931. The van der Waals surface area contributed by atoms with Gasteiger partial charge in [0.25, 0.3) is 5.78 Å². The number of benzene rings is 1. The maximum atomic E-state index is 13.2. The monoisotopic (exact) mass is 480 g/mol. The average molecular weight is 481 g/mol. The number of carbonyl (C=O) groups excluding carboxylic acids is 2. The van der Waals surface area contributed by atoms with Crippen molar-refractivity contribution in [3.8, 4) is 11.5 Å². The van der Waals surface area contributed by atoms with E-state index in [1.807, 2.05) is 13.8 Å². The first kappa shape index (κ1) is 23.4. The van der Waals surface area contributed by atoms with Gasteiger partial charge < -0.3 is 14.6 Å². The van der Waals surface area contributed by atoms with Crippen LogP contribution in [0.2, 0.25) is 0 Å². The molecule has 1 aliphatic heterocycles. The number of aromatic nitrogens is 3. The number of carbonyl (C=O) groups is 2. The minimum absolute atomic E-state index is 0.0475. The van der Waals surface area contributed by atoms with Crippen molar-refractivity contribution in [2.24, 2.45) is 0 Å². The zero-order chi connectivity index (χ0) is 24.2. The van der Waals surface area contributed by atoms with Crippen LogP contribution in [0.25, 0.3) is 5.76 Å². The third-order valence-corrected chi connectivity index (χ3v) is 6.00. The summed E-state index contributed by atoms with van der Waals surface area (Å²) in [5.41, 5.74) is 0.892. The van der Waals surface area contributed by atoms with Gasteiger partial charge in [-0.15, -0.1) is 10.2 Å². The molecular weight excluding hydrogens is 456 g/mol. The van der Waals surface area contributed by atoms with Gasteiger partial charge in [0.1, 0.15) is 10.8 Å². The van der Waals surface area contributed by atoms with Gasteiger partial charge in [0.05, 0.1) is 24.8 Å². The number of amides is 1. The number of aryl methyl sites for hydroxylation is 1. The van der Waals surface area contributed by atoms with E-state index in [1.165, 1.54) is 28.6 Å². The summed E-state index contributed by atoms with van der Waals surface area (Å²) in [6, 6.07) is 7.44. The Morgan fingerprint density at radius 1 is 1.09 bits per heavy atom. The Labute approximate surface area is 200 Å². The van der Waals surface area contributed by atoms with Crippen LogP contribution in [-0.4, -0.2) is 45.2 Å². The van der Waals surface area contributed by atoms with E-state index in [9.17, 15) is 14.7 Å². The van der Waals surface area contributed by atoms with E-state index in [-0.39, 0.29) is 16.5 Å². The molecule has 1 unspecified atom stereocenters. The summed E-state index contributed by atoms with van der Waals surface area (Å²) in [4.78, 5) is 31.6. The fraction of sp³-hybridized carbons (Fsp3) is 0.292. The van der Waals surface area contributed by atoms with E-state index in [4.69, 9.17) is 9.47 Å². The Kier molecular flexibility index (Phi) is 6.87. The van der Waals surface area contributed by atoms with E-state index in [1.54, 1.807) is 37.3 Å². The number of Topliss-reactive ketones (excluding diaryl/α,β-unsaturated/α-hetero) is 1. The van der Waals surface area contributed by atoms with Gasteiger partial charge in [-0.1, -0.05) is 24.3 Å². The highest BCUT2D eigenvalue weighted by atomic mass is 32.1. The number of hydrogen-bond donors (Lipinski definition) is 1. The molecule has 0 bridgehead atoms. The minimum Gasteiger partial charge on any atom is -0.507 e. The summed E-state index contributed by atoms with van der Waals surface area (Å²) in [5.74, 6) is -0.849. The van der Waals surface area contributed by atoms with Crippen LogP contribution in [0.5, 0.6) is 11.5 Å². The summed E-state index contributed by atoms with van der Waals surface area (Å²) in [5, 5.41) is 20.1. The highest BCUT2D eigenvalue weighted by Crippen LogP contribution is 2.44. The molecule has 1 aliphatic rings. The Bertz CT molecular complexity index is 1240. The second kappa shape index (κ2) is 10.0. The lowest BCUT2D eigenvalue weighted by molar-refractivity contribution is -0.132. The van der Waals surface area contributed by atoms with E-state index in [0.29, 0.717) is 40.8 Å². The van der Waals surface area contributed by atoms with Gasteiger partial charge in [0.2, 0.25) is 5.13 Å². The van der Waals surface area contributed by atoms with E-state index in [2.05, 4.69) is 15.2 Å². The topological polar surface area (TPSA) is 115 Å². The number of anilines is 1. The van der Waals surface area contributed by atoms with E-state index in [0.717, 1.165) is 6.42 Å². The third kappa shape index (κ3) is 4.36. The molecule has 2 aromatic heterocycles. The quantitative estimate of drug-likeness (QED) is 0.292. The van der Waals surface area contributed by atoms with Crippen LogP contribution in [0.4, 0.5) is 5.13 Å². The van der Waals surface area contributed by atoms with Crippen molar-refractivity contribution in [1.82, 2.24) is 15.2 Å². The SMILES string of the molecule is CCCOc1ccc(C2/C(=C(\O)c3ccncc3)C(=O)C(=O)N2c2nnc(C)s2)cc1OCC. The summed E-state index contributed by atoms with van der Waals surface area (Å²) >= 11 is 1.19. The first-order valence-electron chi connectivity index (χ1n) is 10.9. The second-order valence-corrected chi connectivity index (χ2v) is 8.66. The molecule has 1 N–H and O–H groups in total. The molecule has 0 aliphatic carbocycles. The molecule has 176 valence electrons. The number of aliphatic hydroxyl groups is 1. The van der Waals surface area contributed by atoms with Crippen LogP contribution in [0.1, 0.15) is 42.4 Å². The fourth-order valence-electron chi connectivity index (χ4n) is 3.69. The summed E-state index contributed by atoms with van der Waals surface area (Å²) in [6.45, 7) is 6.54. The molecule has 34 heavy (non-hydrogen) atoms. The molecule has 10 heteroatoms. The molecule has 1 aromatic carbocycles. The fourth-order valence-corrected chi connectivity index (χ4v) is 4.40. The normalized spacial score (nSPS) is 17.3. The molecule has 3 heterocycles. The average Bonchev–Trinajstić information content (AvgIpc) is 3.39. The van der Waals surface area contributed by atoms with Gasteiger partial charge in [0.15, 0.2) is 11.5 Å². The van der Waals surface area contributed by atoms with Gasteiger partial charge in [-0.2, -0.15) is 0 Å². The van der Waals surface area contributed by atoms with Crippen molar-refractivity contribution < 1.29 is 24.2 Å². The summed E-state index contributed by atoms with van der Waals surface area (Å²) < 4.78 is 11.6. The van der Waals surface area contributed by atoms with Gasteiger partial charge in [0, 0.05) is 18.0 Å². The molecule has 1 atom stereocenters. The van der Waals surface area contributed by atoms with Gasteiger partial charge >= 0.3 is 5.91 Å². The molecule has 1 fully saturated rings. The zero-order valence-corrected chi connectivity index (χ0v) is 19.8. The maximum Gasteiger partial charge on any atom is 0.301 e. The lowest BCUT2D eigenvalue weighted by Crippen LogP contribution is -2.29. The Morgan fingerprint density at radius 2 is 1.85 bits per heavy atom. The predicted octanol–water partition coefficient (Wildman–Crippen LogP) is 4.06. The molecule has 0 spiro atoms. The molecule has 1 amide bonds. The van der Waals surface area contributed by atoms with Crippen molar-refractivity contribution in [3.63, 3.8) is 0 Å². The van der Waals surface area contributed by atoms with Crippen LogP contribution >= 0.6 is 11.3 Å². The Balaban J connectivity index is 1.91. The number of hydrogen-bond acceptors (Lipinski definition) is 9. The number of aliphatic hydroxyl groups excluding tert-OH is 1. The highest BCUT2D eigenvalue weighted by molar-refractivity contribution is 7.15. The Hall–Kier alpha value is -3.79. The van der Waals surface area contributed by atoms with Gasteiger partial charge in [-0.3, -0.25) is 19.5 Å². The van der Waals surface area contributed by atoms with Crippen molar-refractivity contribution in [3.05, 3.63) is 64.4 Å². The number of ether oxygens (including phenoxy) is 2. The predicted molar refractivity (Wildman–Crippen MR) is 127 cm³/mol. The Morgan fingerprint density at radius 3 is 2.50 bits per heavy atom.